The molecule has 0 aliphatic heterocycles. The summed E-state index contributed by atoms with van der Waals surface area (Å²) in [5, 5.41) is 12.4. The van der Waals surface area contributed by atoms with E-state index in [1.54, 1.807) is 12.1 Å². The minimum Gasteiger partial charge on any atom is -0.508 e. The van der Waals surface area contributed by atoms with Gasteiger partial charge < -0.3 is 10.4 Å². The van der Waals surface area contributed by atoms with Gasteiger partial charge in [-0.3, -0.25) is 0 Å². The first-order valence-corrected chi connectivity index (χ1v) is 4.96. The van der Waals surface area contributed by atoms with E-state index in [1.807, 2.05) is 12.1 Å². The molecule has 0 fully saturated rings. The van der Waals surface area contributed by atoms with Crippen LogP contribution >= 0.6 is 0 Å². The molecule has 0 aromatic heterocycles. The molecule has 0 bridgehead atoms. The summed E-state index contributed by atoms with van der Waals surface area (Å²) in [5.74, 6) is 1.73. The Morgan fingerprint density at radius 3 is 2.43 bits per heavy atom. The number of hydrogen-bond acceptors (Lipinski definition) is 2. The van der Waals surface area contributed by atoms with Crippen LogP contribution in [0, 0.1) is 5.92 Å². The maximum Gasteiger partial charge on any atom is 0.115 e. The van der Waals surface area contributed by atoms with E-state index in [2.05, 4.69) is 19.2 Å². The van der Waals surface area contributed by atoms with E-state index in [-0.39, 0.29) is 0 Å². The summed E-state index contributed by atoms with van der Waals surface area (Å²) in [4.78, 5) is 0. The summed E-state index contributed by atoms with van der Waals surface area (Å²) in [5.41, 5.74) is 1.25. The van der Waals surface area contributed by atoms with Crippen LogP contribution < -0.4 is 5.32 Å². The van der Waals surface area contributed by atoms with Crippen molar-refractivity contribution in [3.8, 4) is 5.75 Å². The van der Waals surface area contributed by atoms with Crippen molar-refractivity contribution < 1.29 is 5.11 Å². The molecule has 0 aliphatic carbocycles. The third-order valence-corrected chi connectivity index (χ3v) is 2.01. The zero-order chi connectivity index (χ0) is 10.4. The lowest BCUT2D eigenvalue weighted by atomic mass is 10.1. The molecule has 1 rings (SSSR count). The largest absolute Gasteiger partial charge is 0.508 e. The Bertz CT molecular complexity index is 254. The fourth-order valence-corrected chi connectivity index (χ4v) is 1.23. The van der Waals surface area contributed by atoms with Crippen molar-refractivity contribution in [1.82, 2.24) is 5.32 Å². The average molecular weight is 192 g/mol. The lowest BCUT2D eigenvalue weighted by Gasteiger charge is -2.06. The van der Waals surface area contributed by atoms with Gasteiger partial charge in [-0.1, -0.05) is 26.0 Å². The second kappa shape index (κ2) is 5.66. The Kier molecular flexibility index (Phi) is 4.47. The van der Waals surface area contributed by atoms with E-state index in [0.29, 0.717) is 5.75 Å². The molecule has 2 nitrogen and oxygen atoms in total. The third-order valence-electron chi connectivity index (χ3n) is 2.01. The van der Waals surface area contributed by atoms with Gasteiger partial charge in [-0.2, -0.15) is 0 Å². The highest BCUT2D eigenvalue weighted by molar-refractivity contribution is 5.25. The maximum absolute atomic E-state index is 9.08. The van der Waals surface area contributed by atoms with E-state index < -0.39 is 0 Å². The highest BCUT2D eigenvalue weighted by Crippen LogP contribution is 2.09. The van der Waals surface area contributed by atoms with Crippen molar-refractivity contribution in [1.29, 1.82) is 0 Å². The lowest BCUT2D eigenvalue weighted by molar-refractivity contribution is 0.475. The van der Waals surface area contributed by atoms with Crippen molar-refractivity contribution in [3.05, 3.63) is 35.7 Å². The van der Waals surface area contributed by atoms with Gasteiger partial charge in [0.2, 0.25) is 0 Å². The number of benzene rings is 1. The van der Waals surface area contributed by atoms with Crippen LogP contribution in [0.15, 0.2) is 24.3 Å². The lowest BCUT2D eigenvalue weighted by Crippen LogP contribution is -2.21. The Morgan fingerprint density at radius 1 is 1.21 bits per heavy atom. The minimum atomic E-state index is 0.333. The number of aromatic hydroxyl groups is 1. The van der Waals surface area contributed by atoms with Crippen LogP contribution in [0.3, 0.4) is 0 Å². The molecule has 0 atom stereocenters. The summed E-state index contributed by atoms with van der Waals surface area (Å²) in [6.45, 7) is 6.20. The summed E-state index contributed by atoms with van der Waals surface area (Å²) in [6, 6.07) is 7.37. The van der Waals surface area contributed by atoms with E-state index >= 15 is 0 Å². The molecule has 14 heavy (non-hydrogen) atoms. The molecule has 1 radical (unpaired) electrons. The van der Waals surface area contributed by atoms with Gasteiger partial charge in [0.05, 0.1) is 0 Å². The van der Waals surface area contributed by atoms with E-state index in [9.17, 15) is 0 Å². The topological polar surface area (TPSA) is 32.3 Å². The van der Waals surface area contributed by atoms with Gasteiger partial charge in [-0.15, -0.1) is 0 Å². The number of phenolic OH excluding ortho intramolecular Hbond substituents is 1. The Balaban J connectivity index is 2.21. The van der Waals surface area contributed by atoms with E-state index in [4.69, 9.17) is 5.11 Å². The first-order chi connectivity index (χ1) is 6.68. The summed E-state index contributed by atoms with van der Waals surface area (Å²) in [6.07, 6.45) is 1.01. The van der Waals surface area contributed by atoms with Gasteiger partial charge in [0, 0.05) is 6.54 Å². The normalized spacial score (nSPS) is 10.8. The van der Waals surface area contributed by atoms with Gasteiger partial charge in [0.25, 0.3) is 0 Å². The van der Waals surface area contributed by atoms with Gasteiger partial charge in [-0.05, 0) is 36.6 Å². The molecule has 1 aromatic rings. The molecule has 0 saturated heterocycles. The molecule has 0 aliphatic rings. The SMILES string of the molecule is C[C](C)CNCCc1ccc(O)cc1. The predicted molar refractivity (Wildman–Crippen MR) is 59.3 cm³/mol. The van der Waals surface area contributed by atoms with E-state index in [1.165, 1.54) is 11.5 Å². The molecule has 0 heterocycles. The number of nitrogens with one attached hydrogen (secondary N) is 1. The predicted octanol–water partition coefficient (Wildman–Crippen LogP) is 2.14. The van der Waals surface area contributed by atoms with E-state index in [0.717, 1.165) is 19.5 Å². The smallest absolute Gasteiger partial charge is 0.115 e. The molecule has 0 unspecified atom stereocenters. The van der Waals surface area contributed by atoms with Crippen molar-refractivity contribution >= 4 is 0 Å². The Hall–Kier alpha value is -1.02. The first-order valence-electron chi connectivity index (χ1n) is 4.96. The fraction of sp³-hybridized carbons (Fsp3) is 0.417. The summed E-state index contributed by atoms with van der Waals surface area (Å²) >= 11 is 0. The van der Waals surface area contributed by atoms with Crippen LogP contribution in [0.2, 0.25) is 0 Å². The summed E-state index contributed by atoms with van der Waals surface area (Å²) in [7, 11) is 0. The Morgan fingerprint density at radius 2 is 1.86 bits per heavy atom. The van der Waals surface area contributed by atoms with Crippen molar-refractivity contribution in [2.24, 2.45) is 0 Å². The minimum absolute atomic E-state index is 0.333. The molecule has 0 saturated carbocycles. The third kappa shape index (κ3) is 4.28. The maximum atomic E-state index is 9.08. The second-order valence-corrected chi connectivity index (χ2v) is 3.80. The van der Waals surface area contributed by atoms with Gasteiger partial charge >= 0.3 is 0 Å². The molecule has 2 N–H and O–H groups in total. The summed E-state index contributed by atoms with van der Waals surface area (Å²) < 4.78 is 0. The van der Waals surface area contributed by atoms with Crippen molar-refractivity contribution in [2.45, 2.75) is 20.3 Å². The number of hydrogen-bond donors (Lipinski definition) is 2. The monoisotopic (exact) mass is 192 g/mol. The van der Waals surface area contributed by atoms with Crippen LogP contribution in [0.4, 0.5) is 0 Å². The molecule has 77 valence electrons. The van der Waals surface area contributed by atoms with Gasteiger partial charge in [0.15, 0.2) is 0 Å². The van der Waals surface area contributed by atoms with Crippen LogP contribution in [-0.2, 0) is 6.42 Å². The number of rotatable bonds is 5. The zero-order valence-electron chi connectivity index (χ0n) is 8.88. The molecule has 0 spiro atoms. The van der Waals surface area contributed by atoms with Crippen molar-refractivity contribution in [3.63, 3.8) is 0 Å². The van der Waals surface area contributed by atoms with Crippen LogP contribution in [-0.4, -0.2) is 18.2 Å². The molecular weight excluding hydrogens is 174 g/mol. The van der Waals surface area contributed by atoms with Gasteiger partial charge in [-0.25, -0.2) is 0 Å². The van der Waals surface area contributed by atoms with Crippen LogP contribution in [0.5, 0.6) is 5.75 Å². The Labute approximate surface area is 86.0 Å². The average Bonchev–Trinajstić information content (AvgIpc) is 2.15. The fourth-order valence-electron chi connectivity index (χ4n) is 1.23. The van der Waals surface area contributed by atoms with Crippen LogP contribution in [0.25, 0.3) is 0 Å². The first kappa shape index (κ1) is 11.1. The van der Waals surface area contributed by atoms with Crippen LogP contribution in [0.1, 0.15) is 19.4 Å². The standard InChI is InChI=1S/C12H18NO/c1-10(2)9-13-8-7-11-3-5-12(14)6-4-11/h3-6,13-14H,7-9H2,1-2H3. The molecule has 2 heteroatoms. The molecular formula is C12H18NO. The number of phenols is 1. The molecule has 1 aromatic carbocycles. The quantitative estimate of drug-likeness (QED) is 0.700. The van der Waals surface area contributed by atoms with Gasteiger partial charge in [0.1, 0.15) is 5.75 Å². The van der Waals surface area contributed by atoms with Crippen molar-refractivity contribution in [2.75, 3.05) is 13.1 Å². The second-order valence-electron chi connectivity index (χ2n) is 3.80. The molecule has 0 amide bonds. The highest BCUT2D eigenvalue weighted by Gasteiger charge is 1.95. The highest BCUT2D eigenvalue weighted by atomic mass is 16.3. The zero-order valence-corrected chi connectivity index (χ0v) is 8.88.